The van der Waals surface area contributed by atoms with Crippen molar-refractivity contribution >= 4 is 96.9 Å². The van der Waals surface area contributed by atoms with Gasteiger partial charge in [-0.3, -0.25) is 0 Å². The lowest BCUT2D eigenvalue weighted by Crippen LogP contribution is -2.04. The molecule has 0 aliphatic carbocycles. The predicted octanol–water partition coefficient (Wildman–Crippen LogP) is 18.2. The van der Waals surface area contributed by atoms with Gasteiger partial charge in [-0.25, -0.2) is 15.0 Å². The molecule has 7 heteroatoms. The van der Waals surface area contributed by atoms with Crippen molar-refractivity contribution in [1.29, 1.82) is 0 Å². The van der Waals surface area contributed by atoms with E-state index in [9.17, 15) is 0 Å². The van der Waals surface area contributed by atoms with Crippen molar-refractivity contribution in [3.05, 3.63) is 255 Å². The van der Waals surface area contributed by atoms with Crippen LogP contribution in [0.5, 0.6) is 0 Å². The highest BCUT2D eigenvalue weighted by molar-refractivity contribution is 7.25. The van der Waals surface area contributed by atoms with Crippen molar-refractivity contribution in [1.82, 2.24) is 28.7 Å². The third kappa shape index (κ3) is 6.49. The molecule has 5 heterocycles. The van der Waals surface area contributed by atoms with Crippen LogP contribution in [-0.2, 0) is 0 Å². The zero-order chi connectivity index (χ0) is 49.8. The molecular formula is C69H42N6S. The van der Waals surface area contributed by atoms with Crippen LogP contribution in [0, 0.1) is 0 Å². The molecule has 0 radical (unpaired) electrons. The summed E-state index contributed by atoms with van der Waals surface area (Å²) < 4.78 is 9.81. The average molecular weight is 987 g/mol. The number of benzene rings is 11. The van der Waals surface area contributed by atoms with E-state index in [-0.39, 0.29) is 0 Å². The van der Waals surface area contributed by atoms with Crippen LogP contribution in [0.25, 0.3) is 148 Å². The van der Waals surface area contributed by atoms with Crippen molar-refractivity contribution in [2.75, 3.05) is 0 Å². The minimum absolute atomic E-state index is 0.582. The third-order valence-electron chi connectivity index (χ3n) is 15.3. The maximum Gasteiger partial charge on any atom is 0.166 e. The van der Waals surface area contributed by atoms with Gasteiger partial charge in [0.25, 0.3) is 0 Å². The zero-order valence-corrected chi connectivity index (χ0v) is 41.7. The van der Waals surface area contributed by atoms with Gasteiger partial charge in [-0.05, 0) is 83.9 Å². The highest BCUT2D eigenvalue weighted by atomic mass is 32.1. The smallest absolute Gasteiger partial charge is 0.166 e. The molecule has 0 bridgehead atoms. The number of nitrogens with zero attached hydrogens (tertiary/aromatic N) is 6. The molecule has 11 aromatic carbocycles. The molecular weight excluding hydrogens is 945 g/mol. The first kappa shape index (κ1) is 42.5. The molecule has 0 amide bonds. The molecule has 76 heavy (non-hydrogen) atoms. The Labute approximate surface area is 440 Å². The molecule has 0 atom stereocenters. The van der Waals surface area contributed by atoms with E-state index in [1.807, 2.05) is 47.7 Å². The number of fused-ring (bicyclic) bond motifs is 12. The Morgan fingerprint density at radius 3 is 1.22 bits per heavy atom. The van der Waals surface area contributed by atoms with Gasteiger partial charge >= 0.3 is 0 Å². The summed E-state index contributed by atoms with van der Waals surface area (Å²) in [4.78, 5) is 16.1. The number of thiophene rings is 1. The predicted molar refractivity (Wildman–Crippen MR) is 317 cm³/mol. The summed E-state index contributed by atoms with van der Waals surface area (Å²) in [5.41, 5.74) is 14.8. The highest BCUT2D eigenvalue weighted by Gasteiger charge is 2.24. The first-order valence-corrected chi connectivity index (χ1v) is 26.5. The van der Waals surface area contributed by atoms with E-state index in [1.54, 1.807) is 0 Å². The number of para-hydroxylation sites is 4. The Morgan fingerprint density at radius 1 is 0.263 bits per heavy atom. The van der Waals surface area contributed by atoms with E-state index >= 15 is 0 Å². The number of hydrogen-bond donors (Lipinski definition) is 0. The van der Waals surface area contributed by atoms with Crippen molar-refractivity contribution in [3.8, 4) is 62.4 Å². The minimum Gasteiger partial charge on any atom is -0.309 e. The van der Waals surface area contributed by atoms with E-state index in [4.69, 9.17) is 15.0 Å². The largest absolute Gasteiger partial charge is 0.309 e. The van der Waals surface area contributed by atoms with Crippen LogP contribution in [0.15, 0.2) is 255 Å². The van der Waals surface area contributed by atoms with Gasteiger partial charge in [0.15, 0.2) is 17.5 Å². The standard InChI is InChI=1S/C69H42N6S/c1-3-18-43(19-4-1)67-70-68(44-20-5-2-6-21-44)72-69(71-67)56-40-45(48-27-17-33-65-66(48)55-26-11-16-32-64(55)76-65)34-39-61(56)75-62-41-46(73-57-28-12-7-22-49(57)50-23-8-13-29-58(50)73)35-37-53(62)54-38-36-47(42-63(54)75)74-59-30-14-9-24-51(59)52-25-10-15-31-60(52)74/h1-42H. The van der Waals surface area contributed by atoms with Crippen LogP contribution in [0.3, 0.4) is 0 Å². The minimum atomic E-state index is 0.582. The van der Waals surface area contributed by atoms with Gasteiger partial charge < -0.3 is 13.7 Å². The van der Waals surface area contributed by atoms with Gasteiger partial charge in [0.1, 0.15) is 0 Å². The fourth-order valence-corrected chi connectivity index (χ4v) is 13.1. The summed E-state index contributed by atoms with van der Waals surface area (Å²) in [7, 11) is 0. The number of hydrogen-bond acceptors (Lipinski definition) is 4. The van der Waals surface area contributed by atoms with Gasteiger partial charge in [-0.1, -0.05) is 182 Å². The molecule has 0 fully saturated rings. The molecule has 16 rings (SSSR count). The summed E-state index contributed by atoms with van der Waals surface area (Å²) in [5, 5.41) is 9.67. The normalized spacial score (nSPS) is 11.9. The molecule has 0 spiro atoms. The molecule has 6 nitrogen and oxygen atoms in total. The van der Waals surface area contributed by atoms with Gasteiger partial charge in [-0.15, -0.1) is 11.3 Å². The fraction of sp³-hybridized carbons (Fsp3) is 0. The molecule has 5 aromatic heterocycles. The molecule has 0 saturated heterocycles. The molecule has 0 unspecified atom stereocenters. The van der Waals surface area contributed by atoms with Gasteiger partial charge in [0, 0.05) is 80.6 Å². The van der Waals surface area contributed by atoms with Crippen LogP contribution in [0.2, 0.25) is 0 Å². The SMILES string of the molecule is c1ccc(-c2nc(-c3ccccc3)nc(-c3cc(-c4cccc5sc6ccccc6c45)ccc3-n3c4cc(-n5c6ccccc6c6ccccc65)ccc4c4ccc(-n5c6ccccc6c6ccccc65)cc43)n2)cc1. The van der Waals surface area contributed by atoms with Crippen molar-refractivity contribution in [2.24, 2.45) is 0 Å². The second kappa shape index (κ2) is 16.8. The van der Waals surface area contributed by atoms with E-state index in [0.717, 1.165) is 88.8 Å². The molecule has 354 valence electrons. The molecule has 0 aliphatic heterocycles. The Kier molecular flexibility index (Phi) is 9.40. The van der Waals surface area contributed by atoms with Crippen LogP contribution < -0.4 is 0 Å². The average Bonchev–Trinajstić information content (AvgIpc) is 4.24. The van der Waals surface area contributed by atoms with E-state index in [1.165, 1.54) is 41.7 Å². The molecule has 16 aromatic rings. The highest BCUT2D eigenvalue weighted by Crippen LogP contribution is 2.45. The second-order valence-corrected chi connectivity index (χ2v) is 20.6. The molecule has 0 saturated carbocycles. The molecule has 0 aliphatic rings. The van der Waals surface area contributed by atoms with Crippen LogP contribution in [-0.4, -0.2) is 28.7 Å². The lowest BCUT2D eigenvalue weighted by atomic mass is 9.96. The first-order chi connectivity index (χ1) is 37.7. The summed E-state index contributed by atoms with van der Waals surface area (Å²) in [6, 6.07) is 91.8. The zero-order valence-electron chi connectivity index (χ0n) is 40.8. The summed E-state index contributed by atoms with van der Waals surface area (Å²) >= 11 is 1.84. The van der Waals surface area contributed by atoms with Gasteiger partial charge in [-0.2, -0.15) is 0 Å². The second-order valence-electron chi connectivity index (χ2n) is 19.5. The molecule has 0 N–H and O–H groups in total. The van der Waals surface area contributed by atoms with Gasteiger partial charge in [0.2, 0.25) is 0 Å². The summed E-state index contributed by atoms with van der Waals surface area (Å²) in [6.07, 6.45) is 0. The monoisotopic (exact) mass is 986 g/mol. The van der Waals surface area contributed by atoms with Crippen molar-refractivity contribution in [2.45, 2.75) is 0 Å². The van der Waals surface area contributed by atoms with E-state index in [2.05, 4.69) is 232 Å². The Hall–Kier alpha value is -9.95. The summed E-state index contributed by atoms with van der Waals surface area (Å²) in [6.45, 7) is 0. The van der Waals surface area contributed by atoms with Gasteiger partial charge in [0.05, 0.1) is 38.8 Å². The topological polar surface area (TPSA) is 53.5 Å². The van der Waals surface area contributed by atoms with Crippen molar-refractivity contribution < 1.29 is 0 Å². The maximum absolute atomic E-state index is 5.48. The maximum atomic E-state index is 5.48. The third-order valence-corrected chi connectivity index (χ3v) is 16.4. The number of aromatic nitrogens is 6. The number of rotatable bonds is 7. The van der Waals surface area contributed by atoms with E-state index < -0.39 is 0 Å². The van der Waals surface area contributed by atoms with Crippen LogP contribution >= 0.6 is 11.3 Å². The fourth-order valence-electron chi connectivity index (χ4n) is 12.0. The van der Waals surface area contributed by atoms with Crippen molar-refractivity contribution in [3.63, 3.8) is 0 Å². The van der Waals surface area contributed by atoms with Crippen LogP contribution in [0.4, 0.5) is 0 Å². The lowest BCUT2D eigenvalue weighted by molar-refractivity contribution is 1.06. The lowest BCUT2D eigenvalue weighted by Gasteiger charge is -2.17. The van der Waals surface area contributed by atoms with E-state index in [0.29, 0.717) is 17.5 Å². The quantitative estimate of drug-likeness (QED) is 0.160. The summed E-state index contributed by atoms with van der Waals surface area (Å²) in [5.74, 6) is 1.80. The van der Waals surface area contributed by atoms with Crippen LogP contribution in [0.1, 0.15) is 0 Å². The first-order valence-electron chi connectivity index (χ1n) is 25.7. The Morgan fingerprint density at radius 2 is 0.697 bits per heavy atom. The Balaban J connectivity index is 1.04. The Bertz CT molecular complexity index is 4670.